The van der Waals surface area contributed by atoms with Gasteiger partial charge in [0.05, 0.1) is 11.1 Å². The van der Waals surface area contributed by atoms with Gasteiger partial charge in [0.1, 0.15) is 0 Å². The molecule has 0 fully saturated rings. The average Bonchev–Trinajstić information content (AvgIpc) is 3.35. The number of nitrogens with zero attached hydrogens (tertiary/aromatic N) is 5. The number of imide groups is 1. The lowest BCUT2D eigenvalue weighted by atomic mass is 10.1. The average molecular weight is 427 g/mol. The Morgan fingerprint density at radius 2 is 1.42 bits per heavy atom. The summed E-state index contributed by atoms with van der Waals surface area (Å²) in [6.07, 6.45) is 3.43. The maximum atomic E-state index is 12.6. The van der Waals surface area contributed by atoms with Crippen molar-refractivity contribution in [2.24, 2.45) is 0 Å². The molecule has 0 bridgehead atoms. The van der Waals surface area contributed by atoms with E-state index in [9.17, 15) is 9.59 Å². The molecular weight excluding hydrogens is 410 g/mol. The van der Waals surface area contributed by atoms with Crippen molar-refractivity contribution in [2.75, 3.05) is 12.3 Å². The Morgan fingerprint density at radius 3 is 2.10 bits per heavy atom. The molecule has 2 amide bonds. The molecule has 1 aliphatic heterocycles. The highest BCUT2D eigenvalue weighted by Gasteiger charge is 2.34. The normalized spacial score (nSPS) is 13.0. The minimum atomic E-state index is -0.247. The standard InChI is InChI=1S/C23H17N5O2S/c29-21-18-8-4-5-9-19(18)22(30)27(21)14-15-31-23-26-25-20(16-10-12-24-13-11-16)28(23)17-6-2-1-3-7-17/h1-13H,14-15H2. The summed E-state index contributed by atoms with van der Waals surface area (Å²) in [5.41, 5.74) is 2.76. The topological polar surface area (TPSA) is 81.0 Å². The quantitative estimate of drug-likeness (QED) is 0.345. The molecule has 2 aromatic carbocycles. The molecular formula is C23H17N5O2S. The van der Waals surface area contributed by atoms with Crippen LogP contribution in [0.5, 0.6) is 0 Å². The highest BCUT2D eigenvalue weighted by atomic mass is 32.2. The number of fused-ring (bicyclic) bond motifs is 1. The predicted molar refractivity (Wildman–Crippen MR) is 117 cm³/mol. The zero-order chi connectivity index (χ0) is 21.2. The van der Waals surface area contributed by atoms with Gasteiger partial charge in [-0.1, -0.05) is 42.1 Å². The summed E-state index contributed by atoms with van der Waals surface area (Å²) in [6.45, 7) is 0.295. The zero-order valence-corrected chi connectivity index (χ0v) is 17.2. The smallest absolute Gasteiger partial charge is 0.261 e. The molecule has 3 heterocycles. The van der Waals surface area contributed by atoms with Crippen molar-refractivity contribution in [1.82, 2.24) is 24.6 Å². The van der Waals surface area contributed by atoms with Crippen LogP contribution in [0.25, 0.3) is 17.1 Å². The number of hydrogen-bond acceptors (Lipinski definition) is 6. The number of benzene rings is 2. The number of amides is 2. The number of pyridine rings is 1. The fourth-order valence-corrected chi connectivity index (χ4v) is 4.41. The second-order valence-corrected chi connectivity index (χ2v) is 7.93. The Balaban J connectivity index is 1.39. The van der Waals surface area contributed by atoms with Gasteiger partial charge in [-0.15, -0.1) is 10.2 Å². The van der Waals surface area contributed by atoms with Crippen molar-refractivity contribution in [3.8, 4) is 17.1 Å². The van der Waals surface area contributed by atoms with Gasteiger partial charge in [-0.3, -0.25) is 24.0 Å². The van der Waals surface area contributed by atoms with E-state index in [-0.39, 0.29) is 11.8 Å². The van der Waals surface area contributed by atoms with Crippen LogP contribution in [-0.2, 0) is 0 Å². The molecule has 8 heteroatoms. The van der Waals surface area contributed by atoms with Gasteiger partial charge in [-0.05, 0) is 36.4 Å². The van der Waals surface area contributed by atoms with Gasteiger partial charge >= 0.3 is 0 Å². The van der Waals surface area contributed by atoms with Gasteiger partial charge in [0, 0.05) is 35.9 Å². The molecule has 4 aromatic rings. The SMILES string of the molecule is O=C1c2ccccc2C(=O)N1CCSc1nnc(-c2ccncc2)n1-c1ccccc1. The maximum Gasteiger partial charge on any atom is 0.261 e. The van der Waals surface area contributed by atoms with Gasteiger partial charge in [0.25, 0.3) is 11.8 Å². The van der Waals surface area contributed by atoms with E-state index < -0.39 is 0 Å². The minimum Gasteiger partial charge on any atom is -0.273 e. The third-order valence-corrected chi connectivity index (χ3v) is 5.92. The van der Waals surface area contributed by atoms with Gasteiger partial charge in [0.2, 0.25) is 0 Å². The van der Waals surface area contributed by atoms with E-state index in [0.29, 0.717) is 34.4 Å². The van der Waals surface area contributed by atoms with Crippen LogP contribution < -0.4 is 0 Å². The fraction of sp³-hybridized carbons (Fsp3) is 0.0870. The maximum absolute atomic E-state index is 12.6. The molecule has 0 aliphatic carbocycles. The first-order valence-electron chi connectivity index (χ1n) is 9.73. The first kappa shape index (κ1) is 19.2. The van der Waals surface area contributed by atoms with E-state index in [0.717, 1.165) is 11.3 Å². The zero-order valence-electron chi connectivity index (χ0n) is 16.4. The van der Waals surface area contributed by atoms with Crippen LogP contribution in [0, 0.1) is 0 Å². The van der Waals surface area contributed by atoms with Gasteiger partial charge in [-0.2, -0.15) is 0 Å². The number of aromatic nitrogens is 4. The summed E-state index contributed by atoms with van der Waals surface area (Å²) < 4.78 is 1.97. The Bertz CT molecular complexity index is 1220. The number of rotatable bonds is 6. The van der Waals surface area contributed by atoms with Crippen molar-refractivity contribution in [3.63, 3.8) is 0 Å². The number of carbonyl (C=O) groups is 2. The summed E-state index contributed by atoms with van der Waals surface area (Å²) in [4.78, 5) is 30.5. The van der Waals surface area contributed by atoms with E-state index in [1.165, 1.54) is 16.7 Å². The summed E-state index contributed by atoms with van der Waals surface area (Å²) in [5.74, 6) is 0.718. The van der Waals surface area contributed by atoms with Crippen molar-refractivity contribution >= 4 is 23.6 Å². The third kappa shape index (κ3) is 3.51. The molecule has 5 rings (SSSR count). The van der Waals surface area contributed by atoms with Gasteiger partial charge in [0.15, 0.2) is 11.0 Å². The first-order chi connectivity index (χ1) is 15.2. The molecule has 0 atom stereocenters. The Labute approximate surface area is 182 Å². The highest BCUT2D eigenvalue weighted by molar-refractivity contribution is 7.99. The molecule has 0 unspecified atom stereocenters. The molecule has 0 radical (unpaired) electrons. The number of hydrogen-bond donors (Lipinski definition) is 0. The monoisotopic (exact) mass is 427 g/mol. The molecule has 0 spiro atoms. The van der Waals surface area contributed by atoms with Crippen LogP contribution >= 0.6 is 11.8 Å². The van der Waals surface area contributed by atoms with Gasteiger partial charge in [-0.25, -0.2) is 0 Å². The summed E-state index contributed by atoms with van der Waals surface area (Å²) >= 11 is 1.45. The van der Waals surface area contributed by atoms with E-state index in [1.54, 1.807) is 36.7 Å². The van der Waals surface area contributed by atoms with Crippen molar-refractivity contribution in [3.05, 3.63) is 90.3 Å². The molecule has 0 saturated heterocycles. The number of thioether (sulfide) groups is 1. The number of para-hydroxylation sites is 1. The van der Waals surface area contributed by atoms with Crippen molar-refractivity contribution in [2.45, 2.75) is 5.16 Å². The number of carbonyl (C=O) groups excluding carboxylic acids is 2. The molecule has 0 saturated carbocycles. The summed E-state index contributed by atoms with van der Waals surface area (Å²) in [6, 6.07) is 20.5. The molecule has 2 aromatic heterocycles. The second kappa shape index (κ2) is 8.16. The second-order valence-electron chi connectivity index (χ2n) is 6.87. The van der Waals surface area contributed by atoms with E-state index in [1.807, 2.05) is 47.0 Å². The van der Waals surface area contributed by atoms with Crippen LogP contribution in [0.2, 0.25) is 0 Å². The van der Waals surface area contributed by atoms with E-state index in [4.69, 9.17) is 0 Å². The Kier molecular flexibility index (Phi) is 5.05. The summed E-state index contributed by atoms with van der Waals surface area (Å²) in [5, 5.41) is 9.46. The van der Waals surface area contributed by atoms with E-state index >= 15 is 0 Å². The molecule has 152 valence electrons. The predicted octanol–water partition coefficient (Wildman–Crippen LogP) is 3.72. The van der Waals surface area contributed by atoms with Crippen LogP contribution in [0.4, 0.5) is 0 Å². The van der Waals surface area contributed by atoms with Crippen LogP contribution in [0.3, 0.4) is 0 Å². The van der Waals surface area contributed by atoms with Gasteiger partial charge < -0.3 is 0 Å². The fourth-order valence-electron chi connectivity index (χ4n) is 3.53. The van der Waals surface area contributed by atoms with E-state index in [2.05, 4.69) is 15.2 Å². The largest absolute Gasteiger partial charge is 0.273 e. The van der Waals surface area contributed by atoms with Crippen LogP contribution in [-0.4, -0.2) is 48.8 Å². The Morgan fingerprint density at radius 1 is 0.774 bits per heavy atom. The third-order valence-electron chi connectivity index (χ3n) is 5.01. The van der Waals surface area contributed by atoms with Crippen molar-refractivity contribution < 1.29 is 9.59 Å². The first-order valence-corrected chi connectivity index (χ1v) is 10.7. The lowest BCUT2D eigenvalue weighted by Gasteiger charge is -2.14. The van der Waals surface area contributed by atoms with Crippen LogP contribution in [0.1, 0.15) is 20.7 Å². The lowest BCUT2D eigenvalue weighted by Crippen LogP contribution is -2.31. The highest BCUT2D eigenvalue weighted by Crippen LogP contribution is 2.28. The van der Waals surface area contributed by atoms with Crippen LogP contribution in [0.15, 0.2) is 84.3 Å². The molecule has 1 aliphatic rings. The molecule has 31 heavy (non-hydrogen) atoms. The molecule has 0 N–H and O–H groups in total. The summed E-state index contributed by atoms with van der Waals surface area (Å²) in [7, 11) is 0. The minimum absolute atomic E-state index is 0.247. The lowest BCUT2D eigenvalue weighted by molar-refractivity contribution is 0.0664. The van der Waals surface area contributed by atoms with Crippen molar-refractivity contribution in [1.29, 1.82) is 0 Å². The molecule has 7 nitrogen and oxygen atoms in total. The Hall–Kier alpha value is -3.78.